The highest BCUT2D eigenvalue weighted by molar-refractivity contribution is 5.57. The van der Waals surface area contributed by atoms with Crippen molar-refractivity contribution in [2.45, 2.75) is 54.1 Å². The molecule has 1 aliphatic heterocycles. The molecule has 0 aromatic heterocycles. The van der Waals surface area contributed by atoms with Crippen molar-refractivity contribution in [3.8, 4) is 0 Å². The Kier molecular flexibility index (Phi) is 4.22. The van der Waals surface area contributed by atoms with Crippen LogP contribution in [0.5, 0.6) is 0 Å². The zero-order chi connectivity index (χ0) is 12.3. The lowest BCUT2D eigenvalue weighted by Crippen LogP contribution is -2.46. The van der Waals surface area contributed by atoms with Crippen LogP contribution in [0.2, 0.25) is 0 Å². The molecular formula is C13H27N3. The van der Waals surface area contributed by atoms with Crippen molar-refractivity contribution >= 4 is 6.34 Å². The number of hydrogen-bond acceptors (Lipinski definition) is 3. The van der Waals surface area contributed by atoms with E-state index in [1.54, 1.807) is 0 Å². The molecule has 0 aromatic rings. The Balaban J connectivity index is 2.68. The molecule has 0 aromatic carbocycles. The fourth-order valence-electron chi connectivity index (χ4n) is 2.27. The molecular weight excluding hydrogens is 198 g/mol. The van der Waals surface area contributed by atoms with Crippen LogP contribution < -0.4 is 0 Å². The van der Waals surface area contributed by atoms with Gasteiger partial charge in [-0.1, -0.05) is 41.5 Å². The zero-order valence-electron chi connectivity index (χ0n) is 11.7. The van der Waals surface area contributed by atoms with E-state index in [-0.39, 0.29) is 0 Å². The van der Waals surface area contributed by atoms with E-state index in [2.05, 4.69) is 56.6 Å². The van der Waals surface area contributed by atoms with E-state index in [0.717, 1.165) is 19.5 Å². The zero-order valence-corrected chi connectivity index (χ0v) is 11.7. The van der Waals surface area contributed by atoms with Crippen molar-refractivity contribution in [3.63, 3.8) is 0 Å². The average Bonchev–Trinajstić information content (AvgIpc) is 2.45. The molecule has 0 aliphatic carbocycles. The predicted molar refractivity (Wildman–Crippen MR) is 70.3 cm³/mol. The second-order valence-electron chi connectivity index (χ2n) is 6.28. The first-order valence-corrected chi connectivity index (χ1v) is 6.41. The van der Waals surface area contributed by atoms with E-state index < -0.39 is 0 Å². The van der Waals surface area contributed by atoms with E-state index in [1.807, 2.05) is 6.34 Å². The van der Waals surface area contributed by atoms with Gasteiger partial charge in [0.25, 0.3) is 0 Å². The van der Waals surface area contributed by atoms with E-state index in [9.17, 15) is 0 Å². The van der Waals surface area contributed by atoms with Gasteiger partial charge in [0.1, 0.15) is 12.5 Å². The van der Waals surface area contributed by atoms with Crippen molar-refractivity contribution in [1.29, 1.82) is 0 Å². The second kappa shape index (κ2) is 5.07. The molecule has 0 radical (unpaired) electrons. The van der Waals surface area contributed by atoms with Crippen molar-refractivity contribution < 1.29 is 0 Å². The lowest BCUT2D eigenvalue weighted by molar-refractivity contribution is 0.0710. The fourth-order valence-corrected chi connectivity index (χ4v) is 2.27. The number of hydrogen-bond donors (Lipinski definition) is 0. The molecule has 3 nitrogen and oxygen atoms in total. The molecule has 16 heavy (non-hydrogen) atoms. The van der Waals surface area contributed by atoms with E-state index in [0.29, 0.717) is 17.5 Å². The summed E-state index contributed by atoms with van der Waals surface area (Å²) in [6.45, 7) is 15.7. The van der Waals surface area contributed by atoms with Crippen LogP contribution in [0.1, 0.15) is 48.0 Å². The first-order chi connectivity index (χ1) is 7.35. The topological polar surface area (TPSA) is 18.8 Å². The van der Waals surface area contributed by atoms with Crippen molar-refractivity contribution in [2.75, 3.05) is 13.1 Å². The molecule has 0 fully saturated rings. The molecule has 1 atom stereocenters. The summed E-state index contributed by atoms with van der Waals surface area (Å²) in [7, 11) is 0. The summed E-state index contributed by atoms with van der Waals surface area (Å²) >= 11 is 0. The number of rotatable bonds is 4. The smallest absolute Gasteiger partial charge is 0.121 e. The third-order valence-corrected chi connectivity index (χ3v) is 2.70. The second-order valence-corrected chi connectivity index (χ2v) is 6.28. The highest BCUT2D eigenvalue weighted by Gasteiger charge is 2.32. The molecule has 0 bridgehead atoms. The first-order valence-electron chi connectivity index (χ1n) is 6.41. The number of nitrogens with zero attached hydrogens (tertiary/aromatic N) is 3. The maximum absolute atomic E-state index is 4.53. The van der Waals surface area contributed by atoms with Gasteiger partial charge in [-0.25, -0.2) is 0 Å². The summed E-state index contributed by atoms with van der Waals surface area (Å²) < 4.78 is 0. The largest absolute Gasteiger partial charge is 0.339 e. The van der Waals surface area contributed by atoms with E-state index in [1.165, 1.54) is 0 Å². The van der Waals surface area contributed by atoms with Gasteiger partial charge in [-0.05, 0) is 17.8 Å². The third kappa shape index (κ3) is 3.39. The van der Waals surface area contributed by atoms with Crippen molar-refractivity contribution in [1.82, 2.24) is 9.91 Å². The minimum atomic E-state index is 0.321. The summed E-state index contributed by atoms with van der Waals surface area (Å²) in [6.07, 6.45) is 3.62. The molecule has 0 saturated carbocycles. The summed E-state index contributed by atoms with van der Waals surface area (Å²) in [6, 6.07) is 0. The normalized spacial score (nSPS) is 21.3. The van der Waals surface area contributed by atoms with Gasteiger partial charge in [-0.2, -0.15) is 5.10 Å². The summed E-state index contributed by atoms with van der Waals surface area (Å²) in [5.74, 6) is 0.608. The number of hydrazone groups is 1. The Morgan fingerprint density at radius 2 is 1.94 bits per heavy atom. The van der Waals surface area contributed by atoms with Crippen LogP contribution in [0, 0.1) is 11.3 Å². The van der Waals surface area contributed by atoms with Crippen molar-refractivity contribution in [2.24, 2.45) is 16.4 Å². The maximum atomic E-state index is 4.53. The molecule has 1 heterocycles. The van der Waals surface area contributed by atoms with E-state index in [4.69, 9.17) is 0 Å². The fraction of sp³-hybridized carbons (Fsp3) is 0.923. The van der Waals surface area contributed by atoms with Gasteiger partial charge < -0.3 is 4.90 Å². The highest BCUT2D eigenvalue weighted by atomic mass is 15.6. The molecule has 94 valence electrons. The predicted octanol–water partition coefficient (Wildman–Crippen LogP) is 2.99. The molecule has 0 amide bonds. The lowest BCUT2D eigenvalue weighted by Gasteiger charge is -2.36. The Hall–Kier alpha value is -0.730. The van der Waals surface area contributed by atoms with Gasteiger partial charge in [0.2, 0.25) is 0 Å². The monoisotopic (exact) mass is 225 g/mol. The first kappa shape index (κ1) is 13.3. The molecule has 1 aliphatic rings. The summed E-state index contributed by atoms with van der Waals surface area (Å²) in [4.78, 5) is 2.39. The Bertz CT molecular complexity index is 240. The lowest BCUT2D eigenvalue weighted by atomic mass is 9.95. The standard InChI is InChI=1S/C13H27N3/c1-7-8-16-12(11(2)3)15(10-14-16)9-13(4,5)6/h10-12H,7-9H2,1-6H3. The van der Waals surface area contributed by atoms with Gasteiger partial charge in [0.05, 0.1) is 0 Å². The van der Waals surface area contributed by atoms with Gasteiger partial charge in [-0.3, -0.25) is 5.01 Å². The van der Waals surface area contributed by atoms with Crippen molar-refractivity contribution in [3.05, 3.63) is 0 Å². The van der Waals surface area contributed by atoms with Crippen LogP contribution >= 0.6 is 0 Å². The SMILES string of the molecule is CCCN1N=CN(CC(C)(C)C)C1C(C)C. The average molecular weight is 225 g/mol. The Morgan fingerprint density at radius 1 is 1.31 bits per heavy atom. The minimum Gasteiger partial charge on any atom is -0.339 e. The van der Waals surface area contributed by atoms with Gasteiger partial charge >= 0.3 is 0 Å². The van der Waals surface area contributed by atoms with Gasteiger partial charge in [-0.15, -0.1) is 0 Å². The van der Waals surface area contributed by atoms with Crippen LogP contribution in [-0.2, 0) is 0 Å². The van der Waals surface area contributed by atoms with Gasteiger partial charge in [0.15, 0.2) is 0 Å². The van der Waals surface area contributed by atoms with E-state index >= 15 is 0 Å². The Labute approximate surface area is 100 Å². The molecule has 0 spiro atoms. The summed E-state index contributed by atoms with van der Waals surface area (Å²) in [5.41, 5.74) is 0.321. The van der Waals surface area contributed by atoms with Crippen LogP contribution in [-0.4, -0.2) is 35.5 Å². The molecule has 1 unspecified atom stereocenters. The molecule has 0 saturated heterocycles. The molecule has 3 heteroatoms. The quantitative estimate of drug-likeness (QED) is 0.732. The van der Waals surface area contributed by atoms with Crippen LogP contribution in [0.3, 0.4) is 0 Å². The Morgan fingerprint density at radius 3 is 2.38 bits per heavy atom. The van der Waals surface area contributed by atoms with Crippen LogP contribution in [0.4, 0.5) is 0 Å². The molecule has 0 N–H and O–H groups in total. The van der Waals surface area contributed by atoms with Gasteiger partial charge in [0, 0.05) is 13.1 Å². The van der Waals surface area contributed by atoms with Crippen LogP contribution in [0.25, 0.3) is 0 Å². The summed E-state index contributed by atoms with van der Waals surface area (Å²) in [5, 5.41) is 6.76. The maximum Gasteiger partial charge on any atom is 0.121 e. The van der Waals surface area contributed by atoms with Crippen LogP contribution in [0.15, 0.2) is 5.10 Å². The third-order valence-electron chi connectivity index (χ3n) is 2.70. The highest BCUT2D eigenvalue weighted by Crippen LogP contribution is 2.24. The minimum absolute atomic E-state index is 0.321. The molecule has 1 rings (SSSR count).